The second-order valence-electron chi connectivity index (χ2n) is 4.72. The zero-order valence-electron chi connectivity index (χ0n) is 9.53. The predicted molar refractivity (Wildman–Crippen MR) is 64.4 cm³/mol. The van der Waals surface area contributed by atoms with Crippen LogP contribution in [-0.2, 0) is 18.3 Å². The van der Waals surface area contributed by atoms with E-state index >= 15 is 0 Å². The number of imidazole rings is 1. The van der Waals surface area contributed by atoms with Crippen molar-refractivity contribution in [3.8, 4) is 0 Å². The van der Waals surface area contributed by atoms with Gasteiger partial charge in [0.25, 0.3) is 0 Å². The topological polar surface area (TPSA) is 28.7 Å². The Balaban J connectivity index is 2.03. The van der Waals surface area contributed by atoms with Crippen molar-refractivity contribution in [3.05, 3.63) is 53.6 Å². The van der Waals surface area contributed by atoms with Crippen LogP contribution in [0.2, 0.25) is 0 Å². The van der Waals surface area contributed by atoms with Gasteiger partial charge in [-0.2, -0.15) is 0 Å². The van der Waals surface area contributed by atoms with Crippen LogP contribution in [0.25, 0.3) is 0 Å². The highest BCUT2D eigenvalue weighted by molar-refractivity contribution is 5.39. The summed E-state index contributed by atoms with van der Waals surface area (Å²) in [6, 6.07) is 8.78. The van der Waals surface area contributed by atoms with E-state index in [1.165, 1.54) is 16.8 Å². The Bertz CT molecular complexity index is 460. The van der Waals surface area contributed by atoms with Crippen molar-refractivity contribution < 1.29 is 0 Å². The Morgan fingerprint density at radius 1 is 1.25 bits per heavy atom. The molecule has 3 rings (SSSR count). The second-order valence-corrected chi connectivity index (χ2v) is 4.72. The number of fused-ring (bicyclic) bond motifs is 1. The van der Waals surface area contributed by atoms with Gasteiger partial charge in [-0.15, -0.1) is 0 Å². The van der Waals surface area contributed by atoms with Gasteiger partial charge in [-0.1, -0.05) is 31.2 Å². The minimum Gasteiger partial charge on any atom is -0.348 e. The molecule has 0 atom stereocenters. The van der Waals surface area contributed by atoms with Gasteiger partial charge in [0.15, 0.2) is 0 Å². The minimum absolute atomic E-state index is 0.250. The molecule has 0 aliphatic heterocycles. The highest BCUT2D eigenvalue weighted by Gasteiger charge is 2.38. The lowest BCUT2D eigenvalue weighted by molar-refractivity contribution is 0.424. The zero-order valence-corrected chi connectivity index (χ0v) is 9.53. The number of nitrogens with one attached hydrogen (secondary N) is 1. The molecule has 0 bridgehead atoms. The molecule has 1 N–H and O–H groups in total. The molecule has 1 aliphatic carbocycles. The number of rotatable bonds is 2. The lowest BCUT2D eigenvalue weighted by Crippen LogP contribution is -2.26. The normalized spacial score (nSPS) is 17.3. The number of benzene rings is 1. The molecule has 0 amide bonds. The minimum atomic E-state index is 0.250. The summed E-state index contributed by atoms with van der Waals surface area (Å²) in [5, 5.41) is 0. The first-order valence-electron chi connectivity index (χ1n) is 5.90. The third kappa shape index (κ3) is 1.29. The molecule has 2 aromatic rings. The van der Waals surface area contributed by atoms with E-state index in [4.69, 9.17) is 0 Å². The Morgan fingerprint density at radius 2 is 1.94 bits per heavy atom. The second kappa shape index (κ2) is 3.48. The van der Waals surface area contributed by atoms with E-state index in [-0.39, 0.29) is 5.41 Å². The van der Waals surface area contributed by atoms with E-state index in [9.17, 15) is 0 Å². The maximum atomic E-state index is 4.17. The molecule has 1 aromatic carbocycles. The van der Waals surface area contributed by atoms with Crippen LogP contribution in [0.5, 0.6) is 0 Å². The summed E-state index contributed by atoms with van der Waals surface area (Å²) in [6.45, 7) is 2.27. The standard InChI is InChI=1S/C14H16N2/c1-2-14(13-9-15-10-16-13)7-11-5-3-4-6-12(11)8-14/h3-6,9-10H,2,7-8H2,1H3,(H,15,16)/i10-1. The molecule has 82 valence electrons. The third-order valence-electron chi connectivity index (χ3n) is 3.92. The van der Waals surface area contributed by atoms with Gasteiger partial charge in [-0.3, -0.25) is 0 Å². The molecule has 2 nitrogen and oxygen atoms in total. The fraction of sp³-hybridized carbons (Fsp3) is 0.357. The molecule has 16 heavy (non-hydrogen) atoms. The summed E-state index contributed by atoms with van der Waals surface area (Å²) in [6.07, 6.45) is 7.21. The highest BCUT2D eigenvalue weighted by Crippen LogP contribution is 2.41. The molecule has 0 radical (unpaired) electrons. The maximum Gasteiger partial charge on any atom is 0.0921 e. The largest absolute Gasteiger partial charge is 0.348 e. The molecule has 0 fully saturated rings. The average Bonchev–Trinajstić information content (AvgIpc) is 2.96. The SMILES string of the molecule is CCC1(c2cn[11cH][nH]2)Cc2ccccc2C1. The van der Waals surface area contributed by atoms with Crippen molar-refractivity contribution in [3.63, 3.8) is 0 Å². The number of H-pyrrole nitrogens is 1. The molecule has 2 heteroatoms. The van der Waals surface area contributed by atoms with E-state index in [0.717, 1.165) is 19.3 Å². The Morgan fingerprint density at radius 3 is 2.44 bits per heavy atom. The number of hydrogen-bond acceptors (Lipinski definition) is 1. The number of aromatic amines is 1. The van der Waals surface area contributed by atoms with Crippen LogP contribution in [0.3, 0.4) is 0 Å². The summed E-state index contributed by atoms with van der Waals surface area (Å²) in [4.78, 5) is 7.46. The van der Waals surface area contributed by atoms with Crippen molar-refractivity contribution in [1.82, 2.24) is 9.97 Å². The summed E-state index contributed by atoms with van der Waals surface area (Å²) in [5.41, 5.74) is 4.53. The molecule has 1 heterocycles. The van der Waals surface area contributed by atoms with E-state index in [1.54, 1.807) is 6.33 Å². The van der Waals surface area contributed by atoms with Gasteiger partial charge < -0.3 is 4.98 Å². The number of nitrogens with zero attached hydrogens (tertiary/aromatic N) is 1. The van der Waals surface area contributed by atoms with Crippen molar-refractivity contribution >= 4 is 0 Å². The molecule has 1 aromatic heterocycles. The number of hydrogen-bond donors (Lipinski definition) is 1. The van der Waals surface area contributed by atoms with E-state index in [0.29, 0.717) is 0 Å². The van der Waals surface area contributed by atoms with E-state index in [1.807, 2.05) is 6.20 Å². The molecule has 0 unspecified atom stereocenters. The monoisotopic (exact) mass is 211 g/mol. The lowest BCUT2D eigenvalue weighted by Gasteiger charge is -2.25. The van der Waals surface area contributed by atoms with Crippen LogP contribution in [0.1, 0.15) is 30.2 Å². The van der Waals surface area contributed by atoms with Gasteiger partial charge in [0, 0.05) is 17.3 Å². The van der Waals surface area contributed by atoms with Gasteiger partial charge in [-0.25, -0.2) is 4.98 Å². The lowest BCUT2D eigenvalue weighted by atomic mass is 9.79. The zero-order chi connectivity index (χ0) is 11.0. The van der Waals surface area contributed by atoms with E-state index in [2.05, 4.69) is 41.2 Å². The van der Waals surface area contributed by atoms with Crippen molar-refractivity contribution in [2.45, 2.75) is 31.6 Å². The van der Waals surface area contributed by atoms with Gasteiger partial charge in [0.1, 0.15) is 0 Å². The van der Waals surface area contributed by atoms with Crippen molar-refractivity contribution in [1.29, 1.82) is 0 Å². The van der Waals surface area contributed by atoms with Gasteiger partial charge in [0.05, 0.1) is 6.33 Å². The van der Waals surface area contributed by atoms with Crippen LogP contribution in [0.15, 0.2) is 36.8 Å². The molecule has 1 aliphatic rings. The molecular weight excluding hydrogens is 195 g/mol. The Labute approximate surface area is 95.7 Å². The average molecular weight is 211 g/mol. The Hall–Kier alpha value is -1.57. The summed E-state index contributed by atoms with van der Waals surface area (Å²) in [7, 11) is 0. The highest BCUT2D eigenvalue weighted by atomic mass is 14.8. The smallest absolute Gasteiger partial charge is 0.0921 e. The fourth-order valence-electron chi connectivity index (χ4n) is 2.87. The van der Waals surface area contributed by atoms with Crippen LogP contribution >= 0.6 is 0 Å². The van der Waals surface area contributed by atoms with Gasteiger partial charge in [-0.05, 0) is 30.4 Å². The van der Waals surface area contributed by atoms with Crippen LogP contribution in [0.4, 0.5) is 0 Å². The quantitative estimate of drug-likeness (QED) is 0.813. The summed E-state index contributed by atoms with van der Waals surface area (Å²) < 4.78 is 0. The molecular formula is C14H16N2. The first-order valence-corrected chi connectivity index (χ1v) is 5.90. The summed E-state index contributed by atoms with van der Waals surface area (Å²) >= 11 is 0. The van der Waals surface area contributed by atoms with Crippen LogP contribution in [-0.4, -0.2) is 9.97 Å². The third-order valence-corrected chi connectivity index (χ3v) is 3.92. The number of aromatic nitrogens is 2. The fourth-order valence-corrected chi connectivity index (χ4v) is 2.87. The van der Waals surface area contributed by atoms with Gasteiger partial charge >= 0.3 is 0 Å². The van der Waals surface area contributed by atoms with Crippen molar-refractivity contribution in [2.75, 3.05) is 0 Å². The molecule has 0 spiro atoms. The van der Waals surface area contributed by atoms with Gasteiger partial charge in [0.2, 0.25) is 0 Å². The Kier molecular flexibility index (Phi) is 2.10. The molecule has 0 saturated carbocycles. The van der Waals surface area contributed by atoms with Crippen molar-refractivity contribution in [2.24, 2.45) is 0 Å². The van der Waals surface area contributed by atoms with Crippen LogP contribution in [0, 0.1) is 0 Å². The molecule has 0 saturated heterocycles. The summed E-state index contributed by atoms with van der Waals surface area (Å²) in [5.74, 6) is 0. The predicted octanol–water partition coefficient (Wildman–Crippen LogP) is 2.86. The maximum absolute atomic E-state index is 4.17. The van der Waals surface area contributed by atoms with Crippen LogP contribution < -0.4 is 0 Å². The first-order chi connectivity index (χ1) is 7.84. The van der Waals surface area contributed by atoms with E-state index < -0.39 is 0 Å². The first kappa shape index (κ1) is 9.64.